The van der Waals surface area contributed by atoms with Crippen LogP contribution in [-0.2, 0) is 11.4 Å². The first-order valence-corrected chi connectivity index (χ1v) is 9.41. The van der Waals surface area contributed by atoms with Crippen molar-refractivity contribution < 1.29 is 14.3 Å². The fourth-order valence-corrected chi connectivity index (χ4v) is 3.19. The van der Waals surface area contributed by atoms with Gasteiger partial charge in [0.25, 0.3) is 0 Å². The van der Waals surface area contributed by atoms with Crippen LogP contribution in [0.4, 0.5) is 0 Å². The highest BCUT2D eigenvalue weighted by molar-refractivity contribution is 5.82. The number of amides is 1. The molecular formula is C21H27N3O3. The Morgan fingerprint density at radius 3 is 2.78 bits per heavy atom. The van der Waals surface area contributed by atoms with Crippen LogP contribution < -0.4 is 20.1 Å². The molecule has 1 saturated heterocycles. The van der Waals surface area contributed by atoms with Crippen LogP contribution in [0, 0.1) is 0 Å². The molecule has 2 unspecified atom stereocenters. The van der Waals surface area contributed by atoms with Gasteiger partial charge in [0.15, 0.2) is 11.5 Å². The number of piperidine rings is 1. The molecule has 2 atom stereocenters. The van der Waals surface area contributed by atoms with Crippen LogP contribution in [0.2, 0.25) is 0 Å². The Labute approximate surface area is 160 Å². The van der Waals surface area contributed by atoms with E-state index in [1.165, 1.54) is 0 Å². The lowest BCUT2D eigenvalue weighted by atomic mass is 10.0. The quantitative estimate of drug-likeness (QED) is 0.785. The van der Waals surface area contributed by atoms with E-state index < -0.39 is 0 Å². The maximum Gasteiger partial charge on any atom is 0.237 e. The summed E-state index contributed by atoms with van der Waals surface area (Å²) in [5.74, 6) is 1.38. The molecule has 1 amide bonds. The van der Waals surface area contributed by atoms with E-state index >= 15 is 0 Å². The minimum Gasteiger partial charge on any atom is -0.493 e. The Morgan fingerprint density at radius 1 is 1.26 bits per heavy atom. The van der Waals surface area contributed by atoms with Crippen molar-refractivity contribution >= 4 is 5.91 Å². The van der Waals surface area contributed by atoms with E-state index in [0.29, 0.717) is 18.1 Å². The fraction of sp³-hybridized carbons (Fsp3) is 0.429. The smallest absolute Gasteiger partial charge is 0.237 e. The highest BCUT2D eigenvalue weighted by Gasteiger charge is 2.22. The van der Waals surface area contributed by atoms with Gasteiger partial charge >= 0.3 is 0 Å². The first-order chi connectivity index (χ1) is 13.2. The van der Waals surface area contributed by atoms with Gasteiger partial charge in [0, 0.05) is 12.4 Å². The summed E-state index contributed by atoms with van der Waals surface area (Å²) in [5, 5.41) is 6.37. The van der Waals surface area contributed by atoms with Crippen molar-refractivity contribution in [2.45, 2.75) is 44.9 Å². The first-order valence-electron chi connectivity index (χ1n) is 9.41. The molecule has 144 valence electrons. The van der Waals surface area contributed by atoms with E-state index in [-0.39, 0.29) is 18.0 Å². The van der Waals surface area contributed by atoms with E-state index in [1.54, 1.807) is 19.5 Å². The van der Waals surface area contributed by atoms with Crippen LogP contribution in [0.1, 0.15) is 43.4 Å². The van der Waals surface area contributed by atoms with Gasteiger partial charge in [-0.1, -0.05) is 12.5 Å². The third kappa shape index (κ3) is 5.20. The van der Waals surface area contributed by atoms with Crippen LogP contribution in [0.15, 0.2) is 42.7 Å². The van der Waals surface area contributed by atoms with Gasteiger partial charge in [0.1, 0.15) is 6.61 Å². The van der Waals surface area contributed by atoms with Crippen molar-refractivity contribution in [2.75, 3.05) is 13.7 Å². The standard InChI is InChI=1S/C21H27N3O3/c1-15(24-21(25)18-5-3-4-10-23-18)17-6-7-19(20(13-17)26-2)27-14-16-8-11-22-12-9-16/h6-9,11-13,15,18,23H,3-5,10,14H2,1-2H3,(H,24,25). The molecule has 0 bridgehead atoms. The number of carbonyl (C=O) groups is 1. The molecule has 3 rings (SSSR count). The zero-order valence-corrected chi connectivity index (χ0v) is 15.9. The van der Waals surface area contributed by atoms with Crippen LogP contribution in [0.3, 0.4) is 0 Å². The van der Waals surface area contributed by atoms with Gasteiger partial charge in [-0.2, -0.15) is 0 Å². The lowest BCUT2D eigenvalue weighted by Crippen LogP contribution is -2.47. The third-order valence-electron chi connectivity index (χ3n) is 4.82. The van der Waals surface area contributed by atoms with Crippen LogP contribution in [0.5, 0.6) is 11.5 Å². The molecule has 1 fully saturated rings. The molecular weight excluding hydrogens is 342 g/mol. The highest BCUT2D eigenvalue weighted by Crippen LogP contribution is 2.31. The maximum atomic E-state index is 12.4. The number of hydrogen-bond acceptors (Lipinski definition) is 5. The van der Waals surface area contributed by atoms with Crippen LogP contribution in [0.25, 0.3) is 0 Å². The number of carbonyl (C=O) groups excluding carboxylic acids is 1. The van der Waals surface area contributed by atoms with E-state index in [0.717, 1.165) is 36.9 Å². The average molecular weight is 369 g/mol. The SMILES string of the molecule is COc1cc(C(C)NC(=O)C2CCCCN2)ccc1OCc1ccncc1. The van der Waals surface area contributed by atoms with Gasteiger partial charge in [0.2, 0.25) is 5.91 Å². The molecule has 0 spiro atoms. The number of nitrogens with one attached hydrogen (secondary N) is 2. The number of rotatable bonds is 7. The maximum absolute atomic E-state index is 12.4. The van der Waals surface area contributed by atoms with Gasteiger partial charge < -0.3 is 20.1 Å². The minimum absolute atomic E-state index is 0.0548. The van der Waals surface area contributed by atoms with Gasteiger partial charge in [-0.3, -0.25) is 9.78 Å². The van der Waals surface area contributed by atoms with Crippen LogP contribution >= 0.6 is 0 Å². The van der Waals surface area contributed by atoms with Crippen molar-refractivity contribution in [1.82, 2.24) is 15.6 Å². The molecule has 2 heterocycles. The second-order valence-electron chi connectivity index (χ2n) is 6.79. The number of aromatic nitrogens is 1. The summed E-state index contributed by atoms with van der Waals surface area (Å²) in [6.45, 7) is 3.33. The lowest BCUT2D eigenvalue weighted by Gasteiger charge is -2.25. The van der Waals surface area contributed by atoms with Crippen molar-refractivity contribution in [3.8, 4) is 11.5 Å². The minimum atomic E-state index is -0.107. The topological polar surface area (TPSA) is 72.5 Å². The van der Waals surface area contributed by atoms with Gasteiger partial charge in [-0.15, -0.1) is 0 Å². The second kappa shape index (κ2) is 9.37. The summed E-state index contributed by atoms with van der Waals surface area (Å²) in [7, 11) is 1.62. The Hall–Kier alpha value is -2.60. The molecule has 1 aliphatic heterocycles. The Morgan fingerprint density at radius 2 is 2.07 bits per heavy atom. The largest absolute Gasteiger partial charge is 0.493 e. The number of methoxy groups -OCH3 is 1. The normalized spacial score (nSPS) is 17.8. The molecule has 2 aromatic rings. The number of benzene rings is 1. The molecule has 6 nitrogen and oxygen atoms in total. The molecule has 1 aromatic carbocycles. The molecule has 2 N–H and O–H groups in total. The van der Waals surface area contributed by atoms with E-state index in [2.05, 4.69) is 15.6 Å². The molecule has 27 heavy (non-hydrogen) atoms. The summed E-state index contributed by atoms with van der Waals surface area (Å²) in [6, 6.07) is 9.40. The lowest BCUT2D eigenvalue weighted by molar-refractivity contribution is -0.124. The monoisotopic (exact) mass is 369 g/mol. The highest BCUT2D eigenvalue weighted by atomic mass is 16.5. The van der Waals surface area contributed by atoms with Gasteiger partial charge in [0.05, 0.1) is 19.2 Å². The second-order valence-corrected chi connectivity index (χ2v) is 6.79. The zero-order valence-electron chi connectivity index (χ0n) is 15.9. The summed E-state index contributed by atoms with van der Waals surface area (Å²) >= 11 is 0. The van der Waals surface area contributed by atoms with Crippen LogP contribution in [-0.4, -0.2) is 30.6 Å². The summed E-state index contributed by atoms with van der Waals surface area (Å²) in [5.41, 5.74) is 2.02. The third-order valence-corrected chi connectivity index (χ3v) is 4.82. The Bertz CT molecular complexity index is 746. The summed E-state index contributed by atoms with van der Waals surface area (Å²) in [6.07, 6.45) is 6.60. The predicted molar refractivity (Wildman–Crippen MR) is 104 cm³/mol. The Balaban J connectivity index is 1.62. The Kier molecular flexibility index (Phi) is 6.65. The van der Waals surface area contributed by atoms with E-state index in [1.807, 2.05) is 37.3 Å². The number of ether oxygens (including phenoxy) is 2. The summed E-state index contributed by atoms with van der Waals surface area (Å²) < 4.78 is 11.4. The molecule has 0 saturated carbocycles. The zero-order chi connectivity index (χ0) is 19.1. The van der Waals surface area contributed by atoms with Gasteiger partial charge in [-0.05, 0) is 61.7 Å². The molecule has 1 aromatic heterocycles. The van der Waals surface area contributed by atoms with Gasteiger partial charge in [-0.25, -0.2) is 0 Å². The fourth-order valence-electron chi connectivity index (χ4n) is 3.19. The predicted octanol–water partition coefficient (Wildman–Crippen LogP) is 2.99. The molecule has 0 aliphatic carbocycles. The number of pyridine rings is 1. The number of hydrogen-bond donors (Lipinski definition) is 2. The summed E-state index contributed by atoms with van der Waals surface area (Å²) in [4.78, 5) is 16.4. The van der Waals surface area contributed by atoms with Crippen molar-refractivity contribution in [2.24, 2.45) is 0 Å². The van der Waals surface area contributed by atoms with Crippen molar-refractivity contribution in [3.63, 3.8) is 0 Å². The van der Waals surface area contributed by atoms with E-state index in [4.69, 9.17) is 9.47 Å². The van der Waals surface area contributed by atoms with Crippen molar-refractivity contribution in [3.05, 3.63) is 53.9 Å². The van der Waals surface area contributed by atoms with E-state index in [9.17, 15) is 4.79 Å². The van der Waals surface area contributed by atoms with Crippen molar-refractivity contribution in [1.29, 1.82) is 0 Å². The number of nitrogens with zero attached hydrogens (tertiary/aromatic N) is 1. The molecule has 1 aliphatic rings. The molecule has 0 radical (unpaired) electrons. The first kappa shape index (κ1) is 19.2. The molecule has 6 heteroatoms. The average Bonchev–Trinajstić information content (AvgIpc) is 2.73.